The molecule has 0 aromatic heterocycles. The number of hydrogen-bond donors (Lipinski definition) is 2. The summed E-state index contributed by atoms with van der Waals surface area (Å²) in [4.78, 5) is 17.0. The quantitative estimate of drug-likeness (QED) is 0.787. The molecule has 1 aromatic rings. The predicted molar refractivity (Wildman–Crippen MR) is 99.3 cm³/mol. The highest BCUT2D eigenvalue weighted by Crippen LogP contribution is 2.41. The number of hydrogen-bond acceptors (Lipinski definition) is 4. The molecule has 138 valence electrons. The number of piperazine rings is 1. The van der Waals surface area contributed by atoms with E-state index in [1.165, 1.54) is 24.0 Å². The molecule has 1 saturated carbocycles. The molecule has 5 nitrogen and oxygen atoms in total. The zero-order valence-corrected chi connectivity index (χ0v) is 15.4. The summed E-state index contributed by atoms with van der Waals surface area (Å²) in [6.07, 6.45) is 2.12. The Morgan fingerprint density at radius 2 is 1.76 bits per heavy atom. The molecule has 2 aliphatic rings. The van der Waals surface area contributed by atoms with Crippen molar-refractivity contribution >= 4 is 5.91 Å². The number of nitrogens with zero attached hydrogens (tertiary/aromatic N) is 2. The van der Waals surface area contributed by atoms with E-state index < -0.39 is 0 Å². The van der Waals surface area contributed by atoms with Gasteiger partial charge in [-0.3, -0.25) is 14.6 Å². The maximum atomic E-state index is 12.5. The van der Waals surface area contributed by atoms with Gasteiger partial charge in [-0.15, -0.1) is 0 Å². The van der Waals surface area contributed by atoms with Crippen LogP contribution in [0.1, 0.15) is 36.9 Å². The highest BCUT2D eigenvalue weighted by atomic mass is 16.3. The zero-order valence-electron chi connectivity index (χ0n) is 15.4. The van der Waals surface area contributed by atoms with Gasteiger partial charge in [0.15, 0.2) is 0 Å². The third-order valence-electron chi connectivity index (χ3n) is 5.20. The Morgan fingerprint density at radius 3 is 2.32 bits per heavy atom. The first-order chi connectivity index (χ1) is 12.0. The van der Waals surface area contributed by atoms with Crippen LogP contribution in [-0.4, -0.2) is 66.2 Å². The molecule has 2 atom stereocenters. The van der Waals surface area contributed by atoms with Crippen molar-refractivity contribution in [2.24, 2.45) is 5.92 Å². The minimum absolute atomic E-state index is 0.126. The van der Waals surface area contributed by atoms with E-state index in [4.69, 9.17) is 0 Å². The standard InChI is InChI=1S/C20H31N3O2/c1-15-3-5-17(6-4-15)20(18-7-8-18)21-19(25)14-23-11-9-22(10-12-23)13-16(2)24/h3-6,16,18,20,24H,7-14H2,1-2H3,(H,21,25)/t16-,20+/m0/s1. The Bertz CT molecular complexity index is 561. The van der Waals surface area contributed by atoms with Gasteiger partial charge in [0.05, 0.1) is 18.7 Å². The summed E-state index contributed by atoms with van der Waals surface area (Å²) in [7, 11) is 0. The van der Waals surface area contributed by atoms with Gasteiger partial charge < -0.3 is 10.4 Å². The van der Waals surface area contributed by atoms with Gasteiger partial charge in [0.1, 0.15) is 0 Å². The summed E-state index contributed by atoms with van der Waals surface area (Å²) < 4.78 is 0. The molecule has 1 heterocycles. The van der Waals surface area contributed by atoms with Gasteiger partial charge in [-0.1, -0.05) is 29.8 Å². The molecule has 0 bridgehead atoms. The second kappa shape index (κ2) is 8.30. The van der Waals surface area contributed by atoms with Crippen LogP contribution >= 0.6 is 0 Å². The fraction of sp³-hybridized carbons (Fsp3) is 0.650. The normalized spacial score (nSPS) is 21.7. The first-order valence-corrected chi connectivity index (χ1v) is 9.50. The van der Waals surface area contributed by atoms with Gasteiger partial charge in [-0.25, -0.2) is 0 Å². The van der Waals surface area contributed by atoms with E-state index in [2.05, 4.69) is 46.3 Å². The number of aryl methyl sites for hydroxylation is 1. The Balaban J connectivity index is 1.49. The molecule has 0 spiro atoms. The Hall–Kier alpha value is -1.43. The monoisotopic (exact) mass is 345 g/mol. The molecule has 1 saturated heterocycles. The first-order valence-electron chi connectivity index (χ1n) is 9.50. The Labute approximate surface area is 151 Å². The maximum Gasteiger partial charge on any atom is 0.234 e. The second-order valence-corrected chi connectivity index (χ2v) is 7.72. The van der Waals surface area contributed by atoms with E-state index in [0.717, 1.165) is 32.7 Å². The fourth-order valence-electron chi connectivity index (χ4n) is 3.60. The van der Waals surface area contributed by atoms with Crippen LogP contribution in [0.5, 0.6) is 0 Å². The van der Waals surface area contributed by atoms with Crippen molar-refractivity contribution in [1.82, 2.24) is 15.1 Å². The average Bonchev–Trinajstić information content (AvgIpc) is 3.40. The van der Waals surface area contributed by atoms with Gasteiger partial charge in [0.2, 0.25) is 5.91 Å². The van der Waals surface area contributed by atoms with Gasteiger partial charge in [-0.05, 0) is 38.2 Å². The summed E-state index contributed by atoms with van der Waals surface area (Å²) in [6.45, 7) is 8.71. The Kier molecular flexibility index (Phi) is 6.10. The van der Waals surface area contributed by atoms with Crippen LogP contribution in [0.2, 0.25) is 0 Å². The minimum Gasteiger partial charge on any atom is -0.392 e. The molecule has 5 heteroatoms. The summed E-state index contributed by atoms with van der Waals surface area (Å²) >= 11 is 0. The van der Waals surface area contributed by atoms with Crippen LogP contribution < -0.4 is 5.32 Å². The minimum atomic E-state index is -0.288. The number of carbonyl (C=O) groups excluding carboxylic acids is 1. The lowest BCUT2D eigenvalue weighted by Crippen LogP contribution is -2.51. The number of aliphatic hydroxyl groups is 1. The highest BCUT2D eigenvalue weighted by molar-refractivity contribution is 5.78. The summed E-state index contributed by atoms with van der Waals surface area (Å²) in [5, 5.41) is 12.8. The fourth-order valence-corrected chi connectivity index (χ4v) is 3.60. The topological polar surface area (TPSA) is 55.8 Å². The number of rotatable bonds is 7. The first kappa shape index (κ1) is 18.4. The molecular formula is C20H31N3O2. The van der Waals surface area contributed by atoms with Gasteiger partial charge in [-0.2, -0.15) is 0 Å². The third kappa shape index (κ3) is 5.53. The van der Waals surface area contributed by atoms with Crippen molar-refractivity contribution < 1.29 is 9.90 Å². The molecule has 3 rings (SSSR count). The van der Waals surface area contributed by atoms with Crippen LogP contribution in [-0.2, 0) is 4.79 Å². The molecule has 2 fully saturated rings. The van der Waals surface area contributed by atoms with E-state index in [-0.39, 0.29) is 18.1 Å². The van der Waals surface area contributed by atoms with E-state index in [9.17, 15) is 9.90 Å². The highest BCUT2D eigenvalue weighted by Gasteiger charge is 2.33. The molecule has 2 N–H and O–H groups in total. The predicted octanol–water partition coefficient (Wildman–Crippen LogP) is 1.56. The lowest BCUT2D eigenvalue weighted by molar-refractivity contribution is -0.123. The van der Waals surface area contributed by atoms with Gasteiger partial charge >= 0.3 is 0 Å². The van der Waals surface area contributed by atoms with Gasteiger partial charge in [0.25, 0.3) is 0 Å². The molecule has 0 radical (unpaired) electrons. The van der Waals surface area contributed by atoms with Crippen LogP contribution in [0.25, 0.3) is 0 Å². The van der Waals surface area contributed by atoms with E-state index in [1.807, 2.05) is 6.92 Å². The number of amides is 1. The van der Waals surface area contributed by atoms with Crippen LogP contribution in [0.15, 0.2) is 24.3 Å². The average molecular weight is 345 g/mol. The lowest BCUT2D eigenvalue weighted by Gasteiger charge is -2.35. The SMILES string of the molecule is Cc1ccc([C@@H](NC(=O)CN2CCN(C[C@H](C)O)CC2)C2CC2)cc1. The van der Waals surface area contributed by atoms with Crippen LogP contribution in [0.3, 0.4) is 0 Å². The molecule has 0 unspecified atom stereocenters. The molecular weight excluding hydrogens is 314 g/mol. The summed E-state index contributed by atoms with van der Waals surface area (Å²) in [6, 6.07) is 8.70. The number of aliphatic hydroxyl groups excluding tert-OH is 1. The van der Waals surface area contributed by atoms with Gasteiger partial charge in [0, 0.05) is 32.7 Å². The van der Waals surface area contributed by atoms with Crippen molar-refractivity contribution in [2.45, 2.75) is 38.8 Å². The van der Waals surface area contributed by atoms with E-state index >= 15 is 0 Å². The van der Waals surface area contributed by atoms with Crippen LogP contribution in [0.4, 0.5) is 0 Å². The van der Waals surface area contributed by atoms with Crippen molar-refractivity contribution in [2.75, 3.05) is 39.3 Å². The molecule has 1 aliphatic heterocycles. The van der Waals surface area contributed by atoms with Crippen molar-refractivity contribution in [3.8, 4) is 0 Å². The summed E-state index contributed by atoms with van der Waals surface area (Å²) in [5.41, 5.74) is 2.47. The largest absolute Gasteiger partial charge is 0.392 e. The molecule has 25 heavy (non-hydrogen) atoms. The summed E-state index contributed by atoms with van der Waals surface area (Å²) in [5.74, 6) is 0.719. The third-order valence-corrected chi connectivity index (χ3v) is 5.20. The van der Waals surface area contributed by atoms with Crippen molar-refractivity contribution in [3.05, 3.63) is 35.4 Å². The molecule has 1 aromatic carbocycles. The second-order valence-electron chi connectivity index (χ2n) is 7.72. The number of β-amino-alcohol motifs (C(OH)–C–C–N with tert-alkyl or cyclic N) is 1. The molecule has 1 aliphatic carbocycles. The van der Waals surface area contributed by atoms with E-state index in [1.54, 1.807) is 0 Å². The number of benzene rings is 1. The lowest BCUT2D eigenvalue weighted by atomic mass is 10.0. The Morgan fingerprint density at radius 1 is 1.16 bits per heavy atom. The number of nitrogens with one attached hydrogen (secondary N) is 1. The smallest absolute Gasteiger partial charge is 0.234 e. The van der Waals surface area contributed by atoms with Crippen LogP contribution in [0, 0.1) is 12.8 Å². The number of carbonyl (C=O) groups is 1. The molecule has 1 amide bonds. The zero-order chi connectivity index (χ0) is 17.8. The van der Waals surface area contributed by atoms with E-state index in [0.29, 0.717) is 12.5 Å². The maximum absolute atomic E-state index is 12.5. The van der Waals surface area contributed by atoms with Crippen molar-refractivity contribution in [3.63, 3.8) is 0 Å². The van der Waals surface area contributed by atoms with Crippen molar-refractivity contribution in [1.29, 1.82) is 0 Å².